The van der Waals surface area contributed by atoms with Crippen molar-refractivity contribution in [2.24, 2.45) is 16.2 Å². The highest BCUT2D eigenvalue weighted by atomic mass is 32.1. The highest BCUT2D eigenvalue weighted by Crippen LogP contribution is 2.72. The van der Waals surface area contributed by atoms with Crippen LogP contribution in [0, 0.1) is 30.1 Å². The maximum atomic E-state index is 12.9. The number of thiazole rings is 1. The Labute approximate surface area is 332 Å². The predicted octanol–water partition coefficient (Wildman–Crippen LogP) is 5.61. The van der Waals surface area contributed by atoms with Crippen molar-refractivity contribution in [3.63, 3.8) is 0 Å². The summed E-state index contributed by atoms with van der Waals surface area (Å²) in [5, 5.41) is 38.9. The molecule has 56 heavy (non-hydrogen) atoms. The van der Waals surface area contributed by atoms with Gasteiger partial charge in [-0.05, 0) is 108 Å². The van der Waals surface area contributed by atoms with Gasteiger partial charge in [0.1, 0.15) is 5.82 Å². The zero-order chi connectivity index (χ0) is 39.6. The van der Waals surface area contributed by atoms with Crippen LogP contribution in [-0.4, -0.2) is 96.5 Å². The lowest BCUT2D eigenvalue weighted by Gasteiger charge is -2.69. The number of ether oxygens (including phenoxy) is 1. The summed E-state index contributed by atoms with van der Waals surface area (Å²) >= 11 is 1.47. The molecule has 0 unspecified atom stereocenters. The first-order chi connectivity index (χ1) is 26.7. The summed E-state index contributed by atoms with van der Waals surface area (Å²) in [7, 11) is 2.03. The number of likely N-dealkylation sites (N-methyl/N-ethyl adjacent to an activating group) is 1. The molecule has 0 saturated heterocycles. The molecule has 13 nitrogen and oxygen atoms in total. The van der Waals surface area contributed by atoms with Crippen LogP contribution in [0.15, 0.2) is 18.3 Å². The number of aromatic nitrogens is 6. The van der Waals surface area contributed by atoms with E-state index in [0.717, 1.165) is 90.3 Å². The smallest absolute Gasteiger partial charge is 0.355 e. The Balaban J connectivity index is 1.05. The third-order valence-corrected chi connectivity index (χ3v) is 13.7. The molecule has 1 aliphatic heterocycles. The number of fused-ring (bicyclic) bond motifs is 1. The van der Waals surface area contributed by atoms with Crippen LogP contribution in [0.2, 0.25) is 0 Å². The van der Waals surface area contributed by atoms with E-state index in [-0.39, 0.29) is 34.1 Å². The van der Waals surface area contributed by atoms with Crippen molar-refractivity contribution in [2.75, 3.05) is 50.1 Å². The molecule has 0 aromatic carbocycles. The molecule has 0 radical (unpaired) electrons. The molecule has 9 rings (SSSR count). The van der Waals surface area contributed by atoms with Gasteiger partial charge in [0.05, 0.1) is 30.4 Å². The summed E-state index contributed by atoms with van der Waals surface area (Å²) in [5.74, 6) is 0.775. The average Bonchev–Trinajstić information content (AvgIpc) is 3.67. The number of hydrogen-bond acceptors (Lipinski definition) is 12. The molecule has 4 bridgehead atoms. The van der Waals surface area contributed by atoms with Gasteiger partial charge < -0.3 is 30.1 Å². The molecule has 3 N–H and O–H groups in total. The molecule has 4 atom stereocenters. The number of anilines is 4. The molecule has 0 amide bonds. The number of hydrogen-bond donors (Lipinski definition) is 3. The summed E-state index contributed by atoms with van der Waals surface area (Å²) in [4.78, 5) is 26.4. The summed E-state index contributed by atoms with van der Waals surface area (Å²) in [6.45, 7) is 18.7. The van der Waals surface area contributed by atoms with Gasteiger partial charge in [0.25, 0.3) is 0 Å². The van der Waals surface area contributed by atoms with Gasteiger partial charge in [-0.25, -0.2) is 14.8 Å². The monoisotopic (exact) mass is 781 g/mol. The van der Waals surface area contributed by atoms with Crippen LogP contribution in [0.4, 0.5) is 22.6 Å². The fourth-order valence-corrected chi connectivity index (χ4v) is 12.5. The number of aromatic carboxylic acids is 1. The Morgan fingerprint density at radius 2 is 1.84 bits per heavy atom. The Hall–Kier alpha value is -4.24. The SMILES string of the molecule is C=c1sc(Nc2nnc3c(c2C)CCCN3c2ccc(-c3cnn(C[C@]45C[C@]6(C)C[C@](C)(C4)C[C@@](OCCN(C)CCO)(C6)C5)c3C)c(C(=O)O)n2)n/c1=C/C. The Morgan fingerprint density at radius 3 is 2.54 bits per heavy atom. The molecular formula is C42H55N9O4S. The molecule has 5 heterocycles. The van der Waals surface area contributed by atoms with E-state index in [1.54, 1.807) is 0 Å². The molecule has 14 heteroatoms. The molecule has 0 spiro atoms. The van der Waals surface area contributed by atoms with Crippen LogP contribution >= 0.6 is 11.3 Å². The van der Waals surface area contributed by atoms with Gasteiger partial charge in [0.15, 0.2) is 22.5 Å². The van der Waals surface area contributed by atoms with E-state index in [4.69, 9.17) is 14.8 Å². The number of nitrogens with one attached hydrogen (secondary N) is 1. The minimum absolute atomic E-state index is 0.00938. The van der Waals surface area contributed by atoms with Crippen LogP contribution in [-0.2, 0) is 17.7 Å². The van der Waals surface area contributed by atoms with E-state index >= 15 is 0 Å². The van der Waals surface area contributed by atoms with Gasteiger partial charge in [0, 0.05) is 58.7 Å². The van der Waals surface area contributed by atoms with Crippen molar-refractivity contribution in [2.45, 2.75) is 98.1 Å². The van der Waals surface area contributed by atoms with Crippen molar-refractivity contribution in [3.8, 4) is 11.1 Å². The topological polar surface area (TPSA) is 155 Å². The maximum Gasteiger partial charge on any atom is 0.355 e. The fourth-order valence-electron chi connectivity index (χ4n) is 11.7. The summed E-state index contributed by atoms with van der Waals surface area (Å²) in [6, 6.07) is 3.76. The number of nitrogens with zero attached hydrogens (tertiary/aromatic N) is 8. The first-order valence-electron chi connectivity index (χ1n) is 19.9. The number of rotatable bonds is 13. The number of carboxylic acid groups (broad SMARTS) is 1. The van der Waals surface area contributed by atoms with Crippen molar-refractivity contribution in [3.05, 3.63) is 50.7 Å². The second kappa shape index (κ2) is 14.3. The van der Waals surface area contributed by atoms with E-state index < -0.39 is 5.97 Å². The van der Waals surface area contributed by atoms with E-state index in [1.807, 2.05) is 57.1 Å². The molecule has 4 aromatic heterocycles. The standard InChI is InChI=1S/C42H55N9O4S/c1-8-32-28(4)56-38(44-32)46-35-26(2)29-10-9-13-50(36(29)48-47-35)33-12-11-30(34(45-33)37(53)54)31-18-43-51(27(31)3)25-41-20-39(5)19-40(6,21-41)23-42(22-39,24-41)55-17-15-49(7)14-16-52/h8,11-12,18,52H,4,9-10,13-17,19-25H2,1-3,5-7H3,(H,53,54)(H,44,46,47)/b32-8+/t39-,40+,41+,42-. The molecule has 4 saturated carbocycles. The van der Waals surface area contributed by atoms with Crippen LogP contribution in [0.25, 0.3) is 23.8 Å². The quantitative estimate of drug-likeness (QED) is 0.155. The van der Waals surface area contributed by atoms with Crippen molar-refractivity contribution in [1.29, 1.82) is 0 Å². The van der Waals surface area contributed by atoms with Crippen molar-refractivity contribution >= 4 is 52.5 Å². The molecular weight excluding hydrogens is 727 g/mol. The van der Waals surface area contributed by atoms with Gasteiger partial charge in [0.2, 0.25) is 0 Å². The van der Waals surface area contributed by atoms with E-state index in [0.29, 0.717) is 47.8 Å². The van der Waals surface area contributed by atoms with Crippen LogP contribution in [0.1, 0.15) is 93.0 Å². The molecule has 298 valence electrons. The lowest BCUT2D eigenvalue weighted by atomic mass is 9.39. The zero-order valence-electron chi connectivity index (χ0n) is 33.6. The summed E-state index contributed by atoms with van der Waals surface area (Å²) in [5.41, 5.74) is 4.56. The Morgan fingerprint density at radius 1 is 1.07 bits per heavy atom. The molecule has 5 aliphatic rings. The van der Waals surface area contributed by atoms with Gasteiger partial charge >= 0.3 is 5.97 Å². The summed E-state index contributed by atoms with van der Waals surface area (Å²) in [6.07, 6.45) is 12.1. The third kappa shape index (κ3) is 7.03. The van der Waals surface area contributed by atoms with Crippen LogP contribution in [0.3, 0.4) is 0 Å². The minimum atomic E-state index is -1.09. The fraction of sp³-hybridized carbons (Fsp3) is 0.571. The molecule has 4 aromatic rings. The van der Waals surface area contributed by atoms with Crippen molar-refractivity contribution in [1.82, 2.24) is 34.8 Å². The largest absolute Gasteiger partial charge is 0.476 e. The first kappa shape index (κ1) is 38.6. The lowest BCUT2D eigenvalue weighted by Crippen LogP contribution is -2.64. The highest BCUT2D eigenvalue weighted by molar-refractivity contribution is 7.13. The Kier molecular flexibility index (Phi) is 9.86. The van der Waals surface area contributed by atoms with Crippen molar-refractivity contribution < 1.29 is 19.7 Å². The highest BCUT2D eigenvalue weighted by Gasteiger charge is 2.66. The van der Waals surface area contributed by atoms with Gasteiger partial charge in [-0.2, -0.15) is 5.10 Å². The zero-order valence-corrected chi connectivity index (χ0v) is 34.4. The van der Waals surface area contributed by atoms with E-state index in [9.17, 15) is 15.0 Å². The molecule has 4 aliphatic carbocycles. The van der Waals surface area contributed by atoms with Gasteiger partial charge in [-0.1, -0.05) is 37.8 Å². The average molecular weight is 782 g/mol. The predicted molar refractivity (Wildman–Crippen MR) is 219 cm³/mol. The molecule has 4 fully saturated rings. The maximum absolute atomic E-state index is 12.9. The Bertz CT molecular complexity index is 2270. The number of aliphatic hydroxyl groups excluding tert-OH is 1. The third-order valence-electron chi connectivity index (χ3n) is 12.9. The van der Waals surface area contributed by atoms with Crippen LogP contribution < -0.4 is 20.1 Å². The second-order valence-electron chi connectivity index (χ2n) is 17.9. The van der Waals surface area contributed by atoms with Gasteiger partial charge in [-0.15, -0.1) is 10.2 Å². The number of pyridine rings is 1. The number of aliphatic hydroxyl groups is 1. The van der Waals surface area contributed by atoms with E-state index in [2.05, 4.69) is 50.5 Å². The second-order valence-corrected chi connectivity index (χ2v) is 19.0. The van der Waals surface area contributed by atoms with E-state index in [1.165, 1.54) is 17.8 Å². The lowest BCUT2D eigenvalue weighted by molar-refractivity contribution is -0.248. The number of carboxylic acids is 1. The normalized spacial score (nSPS) is 27.0. The summed E-state index contributed by atoms with van der Waals surface area (Å²) < 4.78 is 9.87. The van der Waals surface area contributed by atoms with Gasteiger partial charge in [-0.3, -0.25) is 4.68 Å². The first-order valence-corrected chi connectivity index (χ1v) is 20.7. The number of carbonyl (C=O) groups is 1. The minimum Gasteiger partial charge on any atom is -0.476 e. The van der Waals surface area contributed by atoms with Crippen LogP contribution in [0.5, 0.6) is 0 Å².